The third-order valence-electron chi connectivity index (χ3n) is 5.26. The van der Waals surface area contributed by atoms with Gasteiger partial charge < -0.3 is 10.0 Å². The minimum Gasteiger partial charge on any atom is -0.423 e. The van der Waals surface area contributed by atoms with Gasteiger partial charge in [-0.05, 0) is 27.7 Å². The van der Waals surface area contributed by atoms with E-state index < -0.39 is 12.5 Å². The van der Waals surface area contributed by atoms with E-state index in [0.29, 0.717) is 5.46 Å². The van der Waals surface area contributed by atoms with Gasteiger partial charge in [0.1, 0.15) is 0 Å². The van der Waals surface area contributed by atoms with E-state index in [9.17, 15) is 10.0 Å². The Labute approximate surface area is 165 Å². The molecular formula is C25H21BO2. The van der Waals surface area contributed by atoms with E-state index in [1.54, 1.807) is 12.1 Å². The fourth-order valence-corrected chi connectivity index (χ4v) is 3.97. The van der Waals surface area contributed by atoms with Crippen LogP contribution in [0.5, 0.6) is 0 Å². The monoisotopic (exact) mass is 364 g/mol. The molecule has 0 atom stereocenters. The predicted molar refractivity (Wildman–Crippen MR) is 115 cm³/mol. The van der Waals surface area contributed by atoms with E-state index in [4.69, 9.17) is 0 Å². The minimum absolute atomic E-state index is 0.479. The summed E-state index contributed by atoms with van der Waals surface area (Å²) in [5.74, 6) is 0. The van der Waals surface area contributed by atoms with Gasteiger partial charge in [-0.2, -0.15) is 0 Å². The Bertz CT molecular complexity index is 918. The second-order valence-corrected chi connectivity index (χ2v) is 6.84. The molecule has 136 valence electrons. The van der Waals surface area contributed by atoms with Crippen molar-refractivity contribution in [2.75, 3.05) is 0 Å². The summed E-state index contributed by atoms with van der Waals surface area (Å²) in [6.45, 7) is 0. The lowest BCUT2D eigenvalue weighted by Gasteiger charge is -2.37. The largest absolute Gasteiger partial charge is 0.488 e. The highest BCUT2D eigenvalue weighted by atomic mass is 16.4. The molecule has 0 bridgehead atoms. The van der Waals surface area contributed by atoms with Crippen molar-refractivity contribution in [1.82, 2.24) is 0 Å². The van der Waals surface area contributed by atoms with Gasteiger partial charge in [0.15, 0.2) is 0 Å². The average Bonchev–Trinajstić information content (AvgIpc) is 2.77. The van der Waals surface area contributed by atoms with Gasteiger partial charge in [0.05, 0.1) is 5.41 Å². The first-order valence-electron chi connectivity index (χ1n) is 9.36. The van der Waals surface area contributed by atoms with E-state index >= 15 is 0 Å². The zero-order chi connectivity index (χ0) is 19.4. The van der Waals surface area contributed by atoms with Crippen LogP contribution in [0.2, 0.25) is 0 Å². The zero-order valence-electron chi connectivity index (χ0n) is 15.4. The molecule has 2 nitrogen and oxygen atoms in total. The van der Waals surface area contributed by atoms with Crippen LogP contribution in [0.25, 0.3) is 0 Å². The lowest BCUT2D eigenvalue weighted by molar-refractivity contribution is 0.426. The van der Waals surface area contributed by atoms with Gasteiger partial charge in [0.25, 0.3) is 0 Å². The summed E-state index contributed by atoms with van der Waals surface area (Å²) >= 11 is 0. The molecule has 0 saturated carbocycles. The summed E-state index contributed by atoms with van der Waals surface area (Å²) in [7, 11) is -1.48. The lowest BCUT2D eigenvalue weighted by atomic mass is 9.64. The molecule has 0 spiro atoms. The van der Waals surface area contributed by atoms with E-state index in [0.717, 1.165) is 22.3 Å². The lowest BCUT2D eigenvalue weighted by Crippen LogP contribution is -2.33. The van der Waals surface area contributed by atoms with E-state index in [1.807, 2.05) is 30.3 Å². The zero-order valence-corrected chi connectivity index (χ0v) is 15.4. The quantitative estimate of drug-likeness (QED) is 0.418. The minimum atomic E-state index is -1.48. The van der Waals surface area contributed by atoms with Crippen molar-refractivity contribution >= 4 is 12.6 Å². The van der Waals surface area contributed by atoms with Crippen molar-refractivity contribution in [3.05, 3.63) is 138 Å². The standard InChI is InChI=1S/C25H21BO2/c27-26(28)24-18-16-23(17-19-24)25(20-10-4-1-5-11-20,21-12-6-2-7-13-21)22-14-8-3-9-15-22/h1-19,27-28H. The number of benzene rings is 4. The fourth-order valence-electron chi connectivity index (χ4n) is 3.97. The Kier molecular flexibility index (Phi) is 5.11. The Balaban J connectivity index is 2.07. The van der Waals surface area contributed by atoms with Crippen LogP contribution >= 0.6 is 0 Å². The summed E-state index contributed by atoms with van der Waals surface area (Å²) in [4.78, 5) is 0. The normalized spacial score (nSPS) is 11.2. The molecule has 0 fully saturated rings. The van der Waals surface area contributed by atoms with Crippen LogP contribution < -0.4 is 5.46 Å². The van der Waals surface area contributed by atoms with Gasteiger partial charge in [-0.25, -0.2) is 0 Å². The number of rotatable bonds is 5. The van der Waals surface area contributed by atoms with Crippen LogP contribution in [0.15, 0.2) is 115 Å². The topological polar surface area (TPSA) is 40.5 Å². The molecule has 2 N–H and O–H groups in total. The van der Waals surface area contributed by atoms with Crippen LogP contribution in [-0.4, -0.2) is 17.2 Å². The van der Waals surface area contributed by atoms with E-state index in [2.05, 4.69) is 72.8 Å². The molecule has 0 aliphatic rings. The second-order valence-electron chi connectivity index (χ2n) is 6.84. The first-order valence-corrected chi connectivity index (χ1v) is 9.36. The van der Waals surface area contributed by atoms with Gasteiger partial charge >= 0.3 is 7.12 Å². The van der Waals surface area contributed by atoms with Crippen molar-refractivity contribution < 1.29 is 10.0 Å². The molecule has 28 heavy (non-hydrogen) atoms. The van der Waals surface area contributed by atoms with Crippen molar-refractivity contribution in [3.8, 4) is 0 Å². The van der Waals surface area contributed by atoms with E-state index in [-0.39, 0.29) is 0 Å². The van der Waals surface area contributed by atoms with Crippen molar-refractivity contribution in [2.45, 2.75) is 5.41 Å². The first-order chi connectivity index (χ1) is 13.7. The van der Waals surface area contributed by atoms with Gasteiger partial charge in [0, 0.05) is 0 Å². The summed E-state index contributed by atoms with van der Waals surface area (Å²) in [5.41, 5.74) is 4.51. The molecule has 0 aromatic heterocycles. The SMILES string of the molecule is OB(O)c1ccc(C(c2ccccc2)(c2ccccc2)c2ccccc2)cc1. The third kappa shape index (κ3) is 3.15. The molecule has 0 heterocycles. The Morgan fingerprint density at radius 2 is 0.750 bits per heavy atom. The highest BCUT2D eigenvalue weighted by molar-refractivity contribution is 6.58. The summed E-state index contributed by atoms with van der Waals surface area (Å²) in [6.07, 6.45) is 0. The van der Waals surface area contributed by atoms with Gasteiger partial charge in [-0.15, -0.1) is 0 Å². The second kappa shape index (κ2) is 7.85. The smallest absolute Gasteiger partial charge is 0.423 e. The molecule has 4 aromatic rings. The van der Waals surface area contributed by atoms with Crippen LogP contribution in [0, 0.1) is 0 Å². The highest BCUT2D eigenvalue weighted by Gasteiger charge is 2.38. The molecule has 0 radical (unpaired) electrons. The maximum Gasteiger partial charge on any atom is 0.488 e. The third-order valence-corrected chi connectivity index (χ3v) is 5.26. The first kappa shape index (κ1) is 18.2. The molecule has 4 aromatic carbocycles. The maximum absolute atomic E-state index is 9.52. The van der Waals surface area contributed by atoms with Gasteiger partial charge in [-0.3, -0.25) is 0 Å². The highest BCUT2D eigenvalue weighted by Crippen LogP contribution is 2.44. The van der Waals surface area contributed by atoms with Crippen LogP contribution in [0.3, 0.4) is 0 Å². The van der Waals surface area contributed by atoms with Gasteiger partial charge in [0.2, 0.25) is 0 Å². The average molecular weight is 364 g/mol. The molecule has 0 aliphatic heterocycles. The Morgan fingerprint density at radius 1 is 0.429 bits per heavy atom. The van der Waals surface area contributed by atoms with Crippen molar-refractivity contribution in [1.29, 1.82) is 0 Å². The van der Waals surface area contributed by atoms with Crippen LogP contribution in [0.1, 0.15) is 22.3 Å². The summed E-state index contributed by atoms with van der Waals surface area (Å²) < 4.78 is 0. The summed E-state index contributed by atoms with van der Waals surface area (Å²) in [5, 5.41) is 19.0. The van der Waals surface area contributed by atoms with Gasteiger partial charge in [-0.1, -0.05) is 115 Å². The molecule has 4 rings (SSSR count). The molecule has 3 heteroatoms. The van der Waals surface area contributed by atoms with Crippen LogP contribution in [-0.2, 0) is 5.41 Å². The van der Waals surface area contributed by atoms with Crippen LogP contribution in [0.4, 0.5) is 0 Å². The Morgan fingerprint density at radius 3 is 1.07 bits per heavy atom. The van der Waals surface area contributed by atoms with Crippen molar-refractivity contribution in [3.63, 3.8) is 0 Å². The molecule has 0 saturated heterocycles. The summed E-state index contributed by atoms with van der Waals surface area (Å²) in [6, 6.07) is 38.8. The van der Waals surface area contributed by atoms with Crippen molar-refractivity contribution in [2.24, 2.45) is 0 Å². The molecule has 0 unspecified atom stereocenters. The predicted octanol–water partition coefficient (Wildman–Crippen LogP) is 3.75. The van der Waals surface area contributed by atoms with E-state index in [1.165, 1.54) is 0 Å². The maximum atomic E-state index is 9.52. The fraction of sp³-hybridized carbons (Fsp3) is 0.0400. The Hall–Kier alpha value is -3.14. The number of hydrogen-bond acceptors (Lipinski definition) is 2. The number of hydrogen-bond donors (Lipinski definition) is 2. The molecular weight excluding hydrogens is 343 g/mol. The molecule has 0 amide bonds. The molecule has 0 aliphatic carbocycles.